The molecule has 7 nitrogen and oxygen atoms in total. The molecule has 27 heavy (non-hydrogen) atoms. The molecule has 1 aromatic heterocycles. The minimum atomic E-state index is -0.125. The fourth-order valence-corrected chi connectivity index (χ4v) is 4.10. The summed E-state index contributed by atoms with van der Waals surface area (Å²) in [7, 11) is 0. The van der Waals surface area contributed by atoms with Crippen molar-refractivity contribution in [1.29, 1.82) is 0 Å². The summed E-state index contributed by atoms with van der Waals surface area (Å²) in [6.45, 7) is 6.74. The van der Waals surface area contributed by atoms with Crippen molar-refractivity contribution in [2.75, 3.05) is 13.1 Å². The first-order valence-electron chi connectivity index (χ1n) is 9.64. The SMILES string of the molecule is Cc1cc(CN2CCC(c3noc(C4CCC(=O)N4)n3)CC2)cc(C)c1O. The van der Waals surface area contributed by atoms with Gasteiger partial charge in [0.1, 0.15) is 11.8 Å². The van der Waals surface area contributed by atoms with E-state index in [9.17, 15) is 9.90 Å². The normalized spacial score (nSPS) is 21.6. The zero-order valence-electron chi connectivity index (χ0n) is 15.9. The van der Waals surface area contributed by atoms with Crippen LogP contribution in [0, 0.1) is 13.8 Å². The first-order valence-corrected chi connectivity index (χ1v) is 9.64. The molecule has 0 spiro atoms. The number of benzene rings is 1. The molecule has 0 saturated carbocycles. The van der Waals surface area contributed by atoms with Crippen LogP contribution in [-0.2, 0) is 11.3 Å². The molecule has 3 heterocycles. The number of carbonyl (C=O) groups is 1. The highest BCUT2D eigenvalue weighted by Gasteiger charge is 2.30. The number of likely N-dealkylation sites (tertiary alicyclic amines) is 1. The van der Waals surface area contributed by atoms with Crippen LogP contribution in [0.15, 0.2) is 16.7 Å². The highest BCUT2D eigenvalue weighted by Crippen LogP contribution is 2.30. The Morgan fingerprint density at radius 2 is 1.93 bits per heavy atom. The summed E-state index contributed by atoms with van der Waals surface area (Å²) in [5.41, 5.74) is 3.09. The van der Waals surface area contributed by atoms with Gasteiger partial charge in [-0.05, 0) is 62.9 Å². The van der Waals surface area contributed by atoms with E-state index in [-0.39, 0.29) is 11.9 Å². The fourth-order valence-electron chi connectivity index (χ4n) is 4.10. The Hall–Kier alpha value is -2.41. The number of nitrogens with one attached hydrogen (secondary N) is 1. The van der Waals surface area contributed by atoms with E-state index >= 15 is 0 Å². The third-order valence-corrected chi connectivity index (χ3v) is 5.66. The quantitative estimate of drug-likeness (QED) is 0.860. The van der Waals surface area contributed by atoms with Crippen molar-refractivity contribution in [3.63, 3.8) is 0 Å². The average molecular weight is 370 g/mol. The van der Waals surface area contributed by atoms with Crippen LogP contribution in [0.2, 0.25) is 0 Å². The molecule has 144 valence electrons. The van der Waals surface area contributed by atoms with Gasteiger partial charge in [0.2, 0.25) is 11.8 Å². The van der Waals surface area contributed by atoms with Gasteiger partial charge in [-0.15, -0.1) is 0 Å². The summed E-state index contributed by atoms with van der Waals surface area (Å²) in [6.07, 6.45) is 3.24. The van der Waals surface area contributed by atoms with Gasteiger partial charge >= 0.3 is 0 Å². The lowest BCUT2D eigenvalue weighted by molar-refractivity contribution is -0.119. The van der Waals surface area contributed by atoms with Gasteiger partial charge in [0.15, 0.2) is 5.82 Å². The first kappa shape index (κ1) is 18.0. The predicted octanol–water partition coefficient (Wildman–Crippen LogP) is 2.72. The molecule has 0 aliphatic carbocycles. The zero-order chi connectivity index (χ0) is 19.0. The number of phenols is 1. The molecule has 0 bridgehead atoms. The van der Waals surface area contributed by atoms with Gasteiger partial charge in [-0.2, -0.15) is 4.98 Å². The molecule has 1 aromatic carbocycles. The average Bonchev–Trinajstić information content (AvgIpc) is 3.29. The molecule has 1 unspecified atom stereocenters. The predicted molar refractivity (Wildman–Crippen MR) is 99.2 cm³/mol. The molecule has 0 radical (unpaired) electrons. The van der Waals surface area contributed by atoms with E-state index in [1.807, 2.05) is 13.8 Å². The van der Waals surface area contributed by atoms with Gasteiger partial charge in [0.05, 0.1) is 0 Å². The van der Waals surface area contributed by atoms with Crippen molar-refractivity contribution in [1.82, 2.24) is 20.4 Å². The van der Waals surface area contributed by atoms with E-state index in [0.717, 1.165) is 55.8 Å². The Morgan fingerprint density at radius 1 is 1.22 bits per heavy atom. The van der Waals surface area contributed by atoms with Crippen LogP contribution in [0.3, 0.4) is 0 Å². The van der Waals surface area contributed by atoms with Crippen LogP contribution in [0.4, 0.5) is 0 Å². The fraction of sp³-hybridized carbons (Fsp3) is 0.550. The van der Waals surface area contributed by atoms with Crippen LogP contribution in [0.25, 0.3) is 0 Å². The van der Waals surface area contributed by atoms with Gasteiger partial charge in [0.25, 0.3) is 0 Å². The summed E-state index contributed by atoms with van der Waals surface area (Å²) in [5.74, 6) is 2.05. The minimum absolute atomic E-state index is 0.0489. The molecule has 2 N–H and O–H groups in total. The number of amides is 1. The second-order valence-corrected chi connectivity index (χ2v) is 7.78. The number of aromatic hydroxyl groups is 1. The molecule has 7 heteroatoms. The van der Waals surface area contributed by atoms with Crippen LogP contribution < -0.4 is 5.32 Å². The largest absolute Gasteiger partial charge is 0.507 e. The number of aryl methyl sites for hydroxylation is 2. The summed E-state index contributed by atoms with van der Waals surface area (Å²) < 4.78 is 5.40. The Balaban J connectivity index is 1.34. The maximum atomic E-state index is 11.4. The number of nitrogens with zero attached hydrogens (tertiary/aromatic N) is 3. The lowest BCUT2D eigenvalue weighted by Gasteiger charge is -2.30. The standard InChI is InChI=1S/C20H26N4O3/c1-12-9-14(10-13(2)18(12)26)11-24-7-5-15(6-8-24)19-22-20(27-23-19)16-3-4-17(25)21-16/h9-10,15-16,26H,3-8,11H2,1-2H3,(H,21,25). The number of carbonyl (C=O) groups excluding carboxylic acids is 1. The number of piperidine rings is 1. The molecular weight excluding hydrogens is 344 g/mol. The molecular formula is C20H26N4O3. The molecule has 4 rings (SSSR count). The minimum Gasteiger partial charge on any atom is -0.507 e. The van der Waals surface area contributed by atoms with Crippen molar-refractivity contribution in [3.05, 3.63) is 40.5 Å². The zero-order valence-corrected chi connectivity index (χ0v) is 15.9. The second kappa shape index (κ2) is 7.31. The summed E-state index contributed by atoms with van der Waals surface area (Å²) >= 11 is 0. The van der Waals surface area contributed by atoms with E-state index < -0.39 is 0 Å². The smallest absolute Gasteiger partial charge is 0.249 e. The maximum absolute atomic E-state index is 11.4. The Kier molecular flexibility index (Phi) is 4.86. The van der Waals surface area contributed by atoms with Gasteiger partial charge in [-0.3, -0.25) is 9.69 Å². The van der Waals surface area contributed by atoms with Crippen LogP contribution in [-0.4, -0.2) is 39.1 Å². The topological polar surface area (TPSA) is 91.5 Å². The summed E-state index contributed by atoms with van der Waals surface area (Å²) in [6, 6.07) is 4.01. The van der Waals surface area contributed by atoms with Gasteiger partial charge in [0, 0.05) is 18.9 Å². The second-order valence-electron chi connectivity index (χ2n) is 7.78. The lowest BCUT2D eigenvalue weighted by Crippen LogP contribution is -2.32. The first-order chi connectivity index (χ1) is 13.0. The Morgan fingerprint density at radius 3 is 2.56 bits per heavy atom. The number of aromatic nitrogens is 2. The number of hydrogen-bond donors (Lipinski definition) is 2. The highest BCUT2D eigenvalue weighted by atomic mass is 16.5. The monoisotopic (exact) mass is 370 g/mol. The van der Waals surface area contributed by atoms with Crippen LogP contribution in [0.1, 0.15) is 66.0 Å². The lowest BCUT2D eigenvalue weighted by atomic mass is 9.95. The number of phenolic OH excluding ortho intramolecular Hbond substituents is 1. The van der Waals surface area contributed by atoms with Crippen LogP contribution in [0.5, 0.6) is 5.75 Å². The van der Waals surface area contributed by atoms with E-state index in [2.05, 4.69) is 32.5 Å². The van der Waals surface area contributed by atoms with Crippen molar-refractivity contribution < 1.29 is 14.4 Å². The maximum Gasteiger partial charge on any atom is 0.249 e. The van der Waals surface area contributed by atoms with E-state index in [1.54, 1.807) is 0 Å². The molecule has 1 amide bonds. The third-order valence-electron chi connectivity index (χ3n) is 5.66. The molecule has 2 saturated heterocycles. The molecule has 2 aromatic rings. The van der Waals surface area contributed by atoms with E-state index in [1.165, 1.54) is 5.56 Å². The van der Waals surface area contributed by atoms with Gasteiger partial charge in [-0.25, -0.2) is 0 Å². The van der Waals surface area contributed by atoms with E-state index in [0.29, 0.717) is 24.0 Å². The Labute approximate surface area is 158 Å². The third kappa shape index (κ3) is 3.83. The molecule has 2 fully saturated rings. The molecule has 2 aliphatic rings. The van der Waals surface area contributed by atoms with Crippen molar-refractivity contribution in [2.45, 2.75) is 58.0 Å². The van der Waals surface area contributed by atoms with Crippen molar-refractivity contribution in [2.24, 2.45) is 0 Å². The molecule has 2 aliphatic heterocycles. The van der Waals surface area contributed by atoms with E-state index in [4.69, 9.17) is 4.52 Å². The van der Waals surface area contributed by atoms with Gasteiger partial charge < -0.3 is 14.9 Å². The van der Waals surface area contributed by atoms with Gasteiger partial charge in [-0.1, -0.05) is 17.3 Å². The summed E-state index contributed by atoms with van der Waals surface area (Å²) in [4.78, 5) is 18.3. The van der Waals surface area contributed by atoms with Crippen LogP contribution >= 0.6 is 0 Å². The number of rotatable bonds is 4. The Bertz CT molecular complexity index is 816. The van der Waals surface area contributed by atoms with Crippen molar-refractivity contribution in [3.8, 4) is 5.75 Å². The number of hydrogen-bond acceptors (Lipinski definition) is 6. The van der Waals surface area contributed by atoms with Crippen molar-refractivity contribution >= 4 is 5.91 Å². The molecule has 1 atom stereocenters. The highest BCUT2D eigenvalue weighted by molar-refractivity contribution is 5.78. The summed E-state index contributed by atoms with van der Waals surface area (Å²) in [5, 5.41) is 17.0.